The first-order chi connectivity index (χ1) is 38.0. The van der Waals surface area contributed by atoms with Gasteiger partial charge in [0.25, 0.3) is 0 Å². The number of aliphatic hydroxyl groups is 2. The van der Waals surface area contributed by atoms with Crippen LogP contribution in [0, 0.1) is 0 Å². The molecule has 0 aliphatic heterocycles. The third kappa shape index (κ3) is 62.6. The van der Waals surface area contributed by atoms with Gasteiger partial charge in [0.05, 0.1) is 25.4 Å². The van der Waals surface area contributed by atoms with Crippen molar-refractivity contribution in [3.8, 4) is 0 Å². The molecule has 77 heavy (non-hydrogen) atoms. The lowest BCUT2D eigenvalue weighted by Crippen LogP contribution is -2.45. The van der Waals surface area contributed by atoms with Gasteiger partial charge < -0.3 is 20.3 Å². The second kappa shape index (κ2) is 66.1. The van der Waals surface area contributed by atoms with Gasteiger partial charge in [0.1, 0.15) is 0 Å². The molecule has 6 heteroatoms. The molecule has 0 aliphatic carbocycles. The van der Waals surface area contributed by atoms with Gasteiger partial charge in [0.2, 0.25) is 5.91 Å². The quantitative estimate of drug-likeness (QED) is 0.0320. The average Bonchev–Trinajstić information content (AvgIpc) is 3.43. The second-order valence-electron chi connectivity index (χ2n) is 23.1. The van der Waals surface area contributed by atoms with Crippen molar-refractivity contribution < 1.29 is 24.5 Å². The van der Waals surface area contributed by atoms with Gasteiger partial charge in [-0.3, -0.25) is 9.59 Å². The van der Waals surface area contributed by atoms with Crippen LogP contribution in [0.3, 0.4) is 0 Å². The van der Waals surface area contributed by atoms with Crippen LogP contribution >= 0.6 is 0 Å². The van der Waals surface area contributed by atoms with Crippen molar-refractivity contribution in [3.05, 3.63) is 60.8 Å². The number of aliphatic hydroxyl groups excluding tert-OH is 2. The Balaban J connectivity index is 3.44. The van der Waals surface area contributed by atoms with Crippen LogP contribution in [0.15, 0.2) is 60.8 Å². The van der Waals surface area contributed by atoms with Crippen LogP contribution < -0.4 is 5.32 Å². The predicted molar refractivity (Wildman–Crippen MR) is 338 cm³/mol. The van der Waals surface area contributed by atoms with E-state index in [1.165, 1.54) is 270 Å². The summed E-state index contributed by atoms with van der Waals surface area (Å²) in [5.74, 6) is -0.0712. The zero-order chi connectivity index (χ0) is 55.7. The fraction of sp³-hybridized carbons (Fsp3) is 0.831. The molecule has 0 rings (SSSR count). The fourth-order valence-corrected chi connectivity index (χ4v) is 10.3. The molecule has 2 atom stereocenters. The summed E-state index contributed by atoms with van der Waals surface area (Å²) in [5.41, 5.74) is 0. The maximum atomic E-state index is 12.5. The first-order valence-corrected chi connectivity index (χ1v) is 34.1. The van der Waals surface area contributed by atoms with Gasteiger partial charge in [-0.05, 0) is 89.9 Å². The number of carbonyl (C=O) groups is 2. The van der Waals surface area contributed by atoms with Crippen LogP contribution in [-0.4, -0.2) is 47.4 Å². The molecule has 0 aliphatic rings. The van der Waals surface area contributed by atoms with Gasteiger partial charge in [-0.25, -0.2) is 0 Å². The zero-order valence-electron chi connectivity index (χ0n) is 51.4. The Kier molecular flexibility index (Phi) is 64.0. The third-order valence-electron chi connectivity index (χ3n) is 15.5. The maximum Gasteiger partial charge on any atom is 0.305 e. The summed E-state index contributed by atoms with van der Waals surface area (Å²) in [6.45, 7) is 4.85. The van der Waals surface area contributed by atoms with Crippen molar-refractivity contribution in [2.45, 2.75) is 366 Å². The summed E-state index contributed by atoms with van der Waals surface area (Å²) in [7, 11) is 0. The Hall–Kier alpha value is -2.44. The topological polar surface area (TPSA) is 95.9 Å². The van der Waals surface area contributed by atoms with E-state index in [1.54, 1.807) is 6.08 Å². The number of unbranched alkanes of at least 4 members (excludes halogenated alkanes) is 44. The van der Waals surface area contributed by atoms with Crippen LogP contribution in [-0.2, 0) is 14.3 Å². The molecule has 3 N–H and O–H groups in total. The number of allylic oxidation sites excluding steroid dienone is 9. The van der Waals surface area contributed by atoms with Crippen molar-refractivity contribution >= 4 is 11.9 Å². The van der Waals surface area contributed by atoms with Crippen LogP contribution in [0.2, 0.25) is 0 Å². The summed E-state index contributed by atoms with van der Waals surface area (Å²) in [4.78, 5) is 24.5. The van der Waals surface area contributed by atoms with E-state index < -0.39 is 12.1 Å². The van der Waals surface area contributed by atoms with Gasteiger partial charge in [-0.1, -0.05) is 312 Å². The molecule has 2 unspecified atom stereocenters. The van der Waals surface area contributed by atoms with Crippen molar-refractivity contribution in [2.24, 2.45) is 0 Å². The lowest BCUT2D eigenvalue weighted by Gasteiger charge is -2.20. The number of rotatable bonds is 63. The molecular formula is C71H131NO5. The Morgan fingerprint density at radius 3 is 1.04 bits per heavy atom. The SMILES string of the molecule is CCC/C=C\C/C=C\CCCCCCCC(=O)OCCCCCCCCCCC/C=C\C/C=C\CCCCCCCCCCCCCCCC(=O)NC(CO)C(O)/C=C/CCCCCCCCCCCCCCCCCC. The van der Waals surface area contributed by atoms with Gasteiger partial charge in [0.15, 0.2) is 0 Å². The van der Waals surface area contributed by atoms with E-state index in [4.69, 9.17) is 4.74 Å². The molecule has 0 saturated carbocycles. The summed E-state index contributed by atoms with van der Waals surface area (Å²) in [6, 6.07) is -0.630. The molecule has 0 aromatic carbocycles. The molecule has 6 nitrogen and oxygen atoms in total. The molecule has 0 heterocycles. The van der Waals surface area contributed by atoms with Crippen LogP contribution in [0.1, 0.15) is 354 Å². The predicted octanol–water partition coefficient (Wildman–Crippen LogP) is 21.9. The first-order valence-electron chi connectivity index (χ1n) is 34.1. The van der Waals surface area contributed by atoms with Crippen LogP contribution in [0.5, 0.6) is 0 Å². The third-order valence-corrected chi connectivity index (χ3v) is 15.5. The highest BCUT2D eigenvalue weighted by atomic mass is 16.5. The maximum absolute atomic E-state index is 12.5. The van der Waals surface area contributed by atoms with E-state index in [9.17, 15) is 19.8 Å². The number of carbonyl (C=O) groups excluding carboxylic acids is 2. The molecule has 450 valence electrons. The van der Waals surface area contributed by atoms with Gasteiger partial charge in [-0.15, -0.1) is 0 Å². The number of ether oxygens (including phenoxy) is 1. The number of nitrogens with one attached hydrogen (secondary N) is 1. The molecule has 1 amide bonds. The van der Waals surface area contributed by atoms with Crippen molar-refractivity contribution in [2.75, 3.05) is 13.2 Å². The molecule has 0 saturated heterocycles. The Bertz CT molecular complexity index is 1340. The van der Waals surface area contributed by atoms with E-state index in [2.05, 4.69) is 67.8 Å². The number of amides is 1. The lowest BCUT2D eigenvalue weighted by atomic mass is 10.0. The average molecular weight is 1080 g/mol. The van der Waals surface area contributed by atoms with E-state index in [-0.39, 0.29) is 18.5 Å². The monoisotopic (exact) mass is 1080 g/mol. The molecule has 0 spiro atoms. The highest BCUT2D eigenvalue weighted by Gasteiger charge is 2.18. The minimum absolute atomic E-state index is 0.00406. The second-order valence-corrected chi connectivity index (χ2v) is 23.1. The summed E-state index contributed by atoms with van der Waals surface area (Å²) >= 11 is 0. The summed E-state index contributed by atoms with van der Waals surface area (Å²) in [5, 5.41) is 23.2. The van der Waals surface area contributed by atoms with Gasteiger partial charge in [-0.2, -0.15) is 0 Å². The fourth-order valence-electron chi connectivity index (χ4n) is 10.3. The van der Waals surface area contributed by atoms with Crippen LogP contribution in [0.4, 0.5) is 0 Å². The molecular weight excluding hydrogens is 947 g/mol. The number of esters is 1. The van der Waals surface area contributed by atoms with Gasteiger partial charge in [0, 0.05) is 12.8 Å². The number of hydrogen-bond donors (Lipinski definition) is 3. The van der Waals surface area contributed by atoms with Gasteiger partial charge >= 0.3 is 5.97 Å². The zero-order valence-corrected chi connectivity index (χ0v) is 51.4. The first kappa shape index (κ1) is 74.6. The van der Waals surface area contributed by atoms with Crippen molar-refractivity contribution in [1.29, 1.82) is 0 Å². The highest BCUT2D eigenvalue weighted by Crippen LogP contribution is 2.17. The van der Waals surface area contributed by atoms with E-state index >= 15 is 0 Å². The van der Waals surface area contributed by atoms with Crippen LogP contribution in [0.25, 0.3) is 0 Å². The van der Waals surface area contributed by atoms with E-state index in [1.807, 2.05) is 6.08 Å². The summed E-state index contributed by atoms with van der Waals surface area (Å²) < 4.78 is 5.47. The molecule has 0 aromatic heterocycles. The van der Waals surface area contributed by atoms with Crippen molar-refractivity contribution in [3.63, 3.8) is 0 Å². The largest absolute Gasteiger partial charge is 0.466 e. The Morgan fingerprint density at radius 1 is 0.364 bits per heavy atom. The molecule has 0 aromatic rings. The Morgan fingerprint density at radius 2 is 0.675 bits per heavy atom. The van der Waals surface area contributed by atoms with Crippen molar-refractivity contribution in [1.82, 2.24) is 5.32 Å². The highest BCUT2D eigenvalue weighted by molar-refractivity contribution is 5.76. The van der Waals surface area contributed by atoms with E-state index in [0.717, 1.165) is 57.8 Å². The molecule has 0 radical (unpaired) electrons. The normalized spacial score (nSPS) is 12.9. The molecule has 0 bridgehead atoms. The van der Waals surface area contributed by atoms with E-state index in [0.29, 0.717) is 19.4 Å². The number of hydrogen-bond acceptors (Lipinski definition) is 5. The Labute approximate surface area is 479 Å². The standard InChI is InChI=1S/C71H131NO5/c1-3-5-7-9-11-13-15-17-18-19-33-36-40-43-47-51-55-59-63-69(74)68(67-73)72-70(75)64-60-56-52-48-44-41-37-34-31-29-27-25-23-21-20-22-24-26-28-30-32-35-38-42-46-50-54-58-62-66-77-71(76)65-61-57-53-49-45-39-16-14-12-10-8-6-4-2/h8,10,14,16,20,22,26,28,59,63,68-69,73-74H,3-7,9,11-13,15,17-19,21,23-25,27,29-58,60-62,64-67H2,1-2H3,(H,72,75)/b10-8-,16-14-,22-20-,28-26-,63-59+. The minimum atomic E-state index is -0.847. The smallest absolute Gasteiger partial charge is 0.305 e. The lowest BCUT2D eigenvalue weighted by molar-refractivity contribution is -0.143. The minimum Gasteiger partial charge on any atom is -0.466 e. The summed E-state index contributed by atoms with van der Waals surface area (Å²) in [6.07, 6.45) is 87.2. The molecule has 0 fully saturated rings.